The lowest BCUT2D eigenvalue weighted by Crippen LogP contribution is -2.22. The predicted octanol–water partition coefficient (Wildman–Crippen LogP) is 0.671. The maximum absolute atomic E-state index is 3.08. The van der Waals surface area contributed by atoms with Crippen LogP contribution in [-0.2, 0) is 0 Å². The highest BCUT2D eigenvalue weighted by Gasteiger charge is 1.85. The number of likely N-dealkylation sites (N-methyl/N-ethyl adjacent to an activating group) is 2. The summed E-state index contributed by atoms with van der Waals surface area (Å²) in [5.74, 6) is 0. The third kappa shape index (κ3) is 5.37. The molecule has 0 amide bonds. The first-order chi connectivity index (χ1) is 4.31. The monoisotopic (exact) mass is 128 g/mol. The Bertz CT molecular complexity index is 79.0. The molecule has 0 radical (unpaired) electrons. The normalized spacial score (nSPS) is 10.6. The summed E-state index contributed by atoms with van der Waals surface area (Å²) >= 11 is 0. The van der Waals surface area contributed by atoms with E-state index in [4.69, 9.17) is 0 Å². The van der Waals surface area contributed by atoms with Gasteiger partial charge in [-0.25, -0.2) is 0 Å². The van der Waals surface area contributed by atoms with E-state index in [1.165, 1.54) is 0 Å². The number of allylic oxidation sites excluding steroid dienone is 1. The molecule has 0 rings (SSSR count). The fraction of sp³-hybridized carbons (Fsp3) is 0.714. The van der Waals surface area contributed by atoms with Crippen LogP contribution in [0.5, 0.6) is 0 Å². The Balaban J connectivity index is 3.15. The summed E-state index contributed by atoms with van der Waals surface area (Å²) in [5.41, 5.74) is 0. The van der Waals surface area contributed by atoms with E-state index in [0.29, 0.717) is 0 Å². The van der Waals surface area contributed by atoms with Gasteiger partial charge in [0.1, 0.15) is 0 Å². The number of hydrogen-bond donors (Lipinski definition) is 1. The molecule has 1 N–H and O–H groups in total. The lowest BCUT2D eigenvalue weighted by Gasteiger charge is -2.11. The zero-order valence-electron chi connectivity index (χ0n) is 6.52. The molecule has 0 unspecified atom stereocenters. The second-order valence-corrected chi connectivity index (χ2v) is 2.07. The molecule has 0 saturated carbocycles. The zero-order chi connectivity index (χ0) is 7.11. The van der Waals surface area contributed by atoms with Gasteiger partial charge < -0.3 is 10.2 Å². The molecule has 0 atom stereocenters. The van der Waals surface area contributed by atoms with Gasteiger partial charge in [-0.15, -0.1) is 0 Å². The minimum atomic E-state index is 1.04. The maximum Gasteiger partial charge on any atom is 0.0294 e. The van der Waals surface area contributed by atoms with Crippen molar-refractivity contribution in [3.63, 3.8) is 0 Å². The van der Waals surface area contributed by atoms with Crippen LogP contribution in [0.25, 0.3) is 0 Å². The lowest BCUT2D eigenvalue weighted by atomic mass is 10.5. The van der Waals surface area contributed by atoms with Crippen molar-refractivity contribution in [1.29, 1.82) is 0 Å². The molecule has 2 nitrogen and oxygen atoms in total. The predicted molar refractivity (Wildman–Crippen MR) is 41.4 cm³/mol. The molecule has 0 saturated heterocycles. The van der Waals surface area contributed by atoms with Gasteiger partial charge in [0.2, 0.25) is 0 Å². The van der Waals surface area contributed by atoms with Crippen molar-refractivity contribution in [2.45, 2.75) is 6.92 Å². The maximum atomic E-state index is 3.08. The summed E-state index contributed by atoms with van der Waals surface area (Å²) in [6.45, 7) is 4.14. The van der Waals surface area contributed by atoms with Crippen LogP contribution >= 0.6 is 0 Å². The highest BCUT2D eigenvalue weighted by atomic mass is 15.1. The molecule has 0 aliphatic heterocycles. The molecule has 0 spiro atoms. The van der Waals surface area contributed by atoms with Gasteiger partial charge in [0.05, 0.1) is 0 Å². The van der Waals surface area contributed by atoms with Gasteiger partial charge >= 0.3 is 0 Å². The van der Waals surface area contributed by atoms with E-state index >= 15 is 0 Å². The lowest BCUT2D eigenvalue weighted by molar-refractivity contribution is 0.451. The van der Waals surface area contributed by atoms with E-state index in [9.17, 15) is 0 Å². The Morgan fingerprint density at radius 2 is 2.22 bits per heavy atom. The number of nitrogens with one attached hydrogen (secondary N) is 1. The highest BCUT2D eigenvalue weighted by molar-refractivity contribution is 4.75. The van der Waals surface area contributed by atoms with E-state index in [1.54, 1.807) is 0 Å². The van der Waals surface area contributed by atoms with Crippen LogP contribution in [0.15, 0.2) is 12.3 Å². The Kier molecular flexibility index (Phi) is 5.32. The van der Waals surface area contributed by atoms with Crippen molar-refractivity contribution in [3.8, 4) is 0 Å². The third-order valence-corrected chi connectivity index (χ3v) is 1.12. The van der Waals surface area contributed by atoms with Gasteiger partial charge in [0.15, 0.2) is 0 Å². The van der Waals surface area contributed by atoms with E-state index in [2.05, 4.69) is 23.5 Å². The zero-order valence-corrected chi connectivity index (χ0v) is 6.52. The Morgan fingerprint density at radius 1 is 1.56 bits per heavy atom. The molecule has 9 heavy (non-hydrogen) atoms. The van der Waals surface area contributed by atoms with Gasteiger partial charge in [-0.3, -0.25) is 0 Å². The van der Waals surface area contributed by atoms with Crippen molar-refractivity contribution in [2.24, 2.45) is 0 Å². The molecule has 0 aromatic rings. The van der Waals surface area contributed by atoms with Crippen LogP contribution < -0.4 is 5.32 Å². The smallest absolute Gasteiger partial charge is 0.0294 e. The molecule has 0 heterocycles. The van der Waals surface area contributed by atoms with Gasteiger partial charge in [-0.05, 0) is 20.2 Å². The summed E-state index contributed by atoms with van der Waals surface area (Å²) in [5, 5.41) is 3.08. The summed E-state index contributed by atoms with van der Waals surface area (Å²) < 4.78 is 0. The molecule has 2 heteroatoms. The average molecular weight is 128 g/mol. The van der Waals surface area contributed by atoms with Crippen LogP contribution in [0, 0.1) is 0 Å². The SMILES string of the molecule is C/C=C/N(C)CCNC. The van der Waals surface area contributed by atoms with Crippen molar-refractivity contribution in [1.82, 2.24) is 10.2 Å². The number of nitrogens with zero attached hydrogens (tertiary/aromatic N) is 1. The van der Waals surface area contributed by atoms with Crippen LogP contribution in [0.1, 0.15) is 6.92 Å². The average Bonchev–Trinajstić information content (AvgIpc) is 1.85. The fourth-order valence-corrected chi connectivity index (χ4v) is 0.617. The number of hydrogen-bond acceptors (Lipinski definition) is 2. The first kappa shape index (κ1) is 8.50. The molecule has 0 aromatic heterocycles. The molecule has 0 bridgehead atoms. The minimum absolute atomic E-state index is 1.04. The first-order valence-corrected chi connectivity index (χ1v) is 3.29. The van der Waals surface area contributed by atoms with E-state index in [1.807, 2.05) is 20.0 Å². The summed E-state index contributed by atoms with van der Waals surface area (Å²) in [7, 11) is 4.03. The van der Waals surface area contributed by atoms with E-state index in [0.717, 1.165) is 13.1 Å². The molecule has 0 aliphatic carbocycles. The summed E-state index contributed by atoms with van der Waals surface area (Å²) in [6, 6.07) is 0. The molecular weight excluding hydrogens is 112 g/mol. The number of rotatable bonds is 4. The van der Waals surface area contributed by atoms with Gasteiger partial charge in [-0.2, -0.15) is 0 Å². The van der Waals surface area contributed by atoms with Gasteiger partial charge in [-0.1, -0.05) is 6.08 Å². The second-order valence-electron chi connectivity index (χ2n) is 2.07. The van der Waals surface area contributed by atoms with Gasteiger partial charge in [0.25, 0.3) is 0 Å². The van der Waals surface area contributed by atoms with Crippen LogP contribution in [-0.4, -0.2) is 32.1 Å². The molecule has 0 aromatic carbocycles. The highest BCUT2D eigenvalue weighted by Crippen LogP contribution is 1.80. The molecule has 0 aliphatic rings. The van der Waals surface area contributed by atoms with Gasteiger partial charge in [0, 0.05) is 20.1 Å². The van der Waals surface area contributed by atoms with Crippen molar-refractivity contribution in [2.75, 3.05) is 27.2 Å². The minimum Gasteiger partial charge on any atom is -0.379 e. The van der Waals surface area contributed by atoms with Crippen molar-refractivity contribution >= 4 is 0 Å². The molecule has 54 valence electrons. The standard InChI is InChI=1S/C7H16N2/c1-4-6-9(3)7-5-8-2/h4,6,8H,5,7H2,1-3H3/b6-4+. The quantitative estimate of drug-likeness (QED) is 0.598. The first-order valence-electron chi connectivity index (χ1n) is 3.29. The van der Waals surface area contributed by atoms with Crippen LogP contribution in [0.3, 0.4) is 0 Å². The topological polar surface area (TPSA) is 15.3 Å². The van der Waals surface area contributed by atoms with E-state index < -0.39 is 0 Å². The Labute approximate surface area is 57.5 Å². The third-order valence-electron chi connectivity index (χ3n) is 1.12. The second kappa shape index (κ2) is 5.63. The van der Waals surface area contributed by atoms with Crippen LogP contribution in [0.2, 0.25) is 0 Å². The van der Waals surface area contributed by atoms with Crippen molar-refractivity contribution in [3.05, 3.63) is 12.3 Å². The van der Waals surface area contributed by atoms with Crippen LogP contribution in [0.4, 0.5) is 0 Å². The van der Waals surface area contributed by atoms with Crippen molar-refractivity contribution < 1.29 is 0 Å². The Hall–Kier alpha value is -0.500. The molecular formula is C7H16N2. The largest absolute Gasteiger partial charge is 0.379 e. The van der Waals surface area contributed by atoms with E-state index in [-0.39, 0.29) is 0 Å². The molecule has 0 fully saturated rings. The Morgan fingerprint density at radius 3 is 2.67 bits per heavy atom. The fourth-order valence-electron chi connectivity index (χ4n) is 0.617. The summed E-state index contributed by atoms with van der Waals surface area (Å²) in [6.07, 6.45) is 4.10. The summed E-state index contributed by atoms with van der Waals surface area (Å²) in [4.78, 5) is 2.15.